The standard InChI is InChI=1S/C24H19N3O4/c1-26(2)11-12-27-23(28)18-17-13-7-3-4-8-14(13)25-20(17)22-21(19(18)24(27)29)30-15-9-5-6-10-16(15)31-22/h3-10,25H,11-12H2,1-2H3. The molecule has 3 aromatic heterocycles. The van der Waals surface area contributed by atoms with E-state index >= 15 is 0 Å². The highest BCUT2D eigenvalue weighted by molar-refractivity contribution is 6.29. The molecule has 0 aliphatic heterocycles. The summed E-state index contributed by atoms with van der Waals surface area (Å²) in [5.74, 6) is 0. The largest absolute Gasteiger partial charge is 0.449 e. The first-order valence-electron chi connectivity index (χ1n) is 10.1. The van der Waals surface area contributed by atoms with Crippen LogP contribution in [0.3, 0.4) is 0 Å². The summed E-state index contributed by atoms with van der Waals surface area (Å²) in [6.07, 6.45) is 0. The second-order valence-electron chi connectivity index (χ2n) is 8.04. The molecule has 0 fully saturated rings. The molecule has 0 atom stereocenters. The van der Waals surface area contributed by atoms with E-state index in [1.807, 2.05) is 61.5 Å². The summed E-state index contributed by atoms with van der Waals surface area (Å²) in [6.45, 7) is 0.875. The van der Waals surface area contributed by atoms with Crippen molar-refractivity contribution in [3.63, 3.8) is 0 Å². The van der Waals surface area contributed by atoms with Crippen LogP contribution in [0.5, 0.6) is 0 Å². The fraction of sp³-hybridized carbons (Fsp3) is 0.167. The zero-order valence-corrected chi connectivity index (χ0v) is 17.1. The number of rotatable bonds is 3. The number of hydrogen-bond donors (Lipinski definition) is 1. The van der Waals surface area contributed by atoms with Gasteiger partial charge in [0.05, 0.1) is 10.9 Å². The number of H-pyrrole nitrogens is 1. The molecule has 0 saturated heterocycles. The molecule has 0 radical (unpaired) electrons. The van der Waals surface area contributed by atoms with Crippen LogP contribution in [0.4, 0.5) is 0 Å². The Balaban J connectivity index is 1.91. The number of likely N-dealkylation sites (N-methyl/N-ethyl adjacent to an activating group) is 1. The van der Waals surface area contributed by atoms with E-state index in [0.29, 0.717) is 51.7 Å². The Morgan fingerprint density at radius 2 is 1.48 bits per heavy atom. The molecule has 0 bridgehead atoms. The maximum atomic E-state index is 13.5. The molecule has 3 aromatic carbocycles. The number of fused-ring (bicyclic) bond motifs is 9. The Hall–Kier alpha value is -3.84. The molecule has 0 saturated carbocycles. The Morgan fingerprint density at radius 3 is 2.23 bits per heavy atom. The Morgan fingerprint density at radius 1 is 0.839 bits per heavy atom. The van der Waals surface area contributed by atoms with Gasteiger partial charge in [0.15, 0.2) is 22.3 Å². The molecule has 0 amide bonds. The van der Waals surface area contributed by atoms with Crippen LogP contribution in [0, 0.1) is 0 Å². The lowest BCUT2D eigenvalue weighted by molar-refractivity contribution is 0.380. The predicted molar refractivity (Wildman–Crippen MR) is 122 cm³/mol. The summed E-state index contributed by atoms with van der Waals surface area (Å²) in [7, 11) is 3.82. The van der Waals surface area contributed by atoms with Gasteiger partial charge >= 0.3 is 0 Å². The van der Waals surface area contributed by atoms with Gasteiger partial charge in [0.25, 0.3) is 11.1 Å². The van der Waals surface area contributed by atoms with E-state index in [0.717, 1.165) is 10.9 Å². The predicted octanol–water partition coefficient (Wildman–Crippen LogP) is 4.05. The van der Waals surface area contributed by atoms with Crippen molar-refractivity contribution in [2.24, 2.45) is 0 Å². The molecule has 7 heteroatoms. The van der Waals surface area contributed by atoms with Crippen LogP contribution < -0.4 is 11.1 Å². The average molecular weight is 413 g/mol. The molecule has 0 unspecified atom stereocenters. The van der Waals surface area contributed by atoms with Crippen molar-refractivity contribution in [3.05, 3.63) is 69.2 Å². The first-order valence-corrected chi connectivity index (χ1v) is 10.1. The second kappa shape index (κ2) is 6.33. The minimum atomic E-state index is -0.353. The number of nitrogens with one attached hydrogen (secondary N) is 1. The zero-order valence-electron chi connectivity index (χ0n) is 17.1. The first-order chi connectivity index (χ1) is 15.0. The number of hydrogen-bond acceptors (Lipinski definition) is 5. The van der Waals surface area contributed by atoms with Gasteiger partial charge in [-0.1, -0.05) is 30.3 Å². The summed E-state index contributed by atoms with van der Waals surface area (Å²) in [5.41, 5.74) is 2.66. The normalized spacial score (nSPS) is 12.4. The van der Waals surface area contributed by atoms with Crippen LogP contribution in [-0.2, 0) is 6.54 Å². The Kier molecular flexibility index (Phi) is 3.67. The van der Waals surface area contributed by atoms with Gasteiger partial charge in [-0.15, -0.1) is 0 Å². The maximum absolute atomic E-state index is 13.5. The van der Waals surface area contributed by atoms with Crippen molar-refractivity contribution in [1.29, 1.82) is 0 Å². The fourth-order valence-corrected chi connectivity index (χ4v) is 4.35. The number of benzene rings is 3. The topological polar surface area (TPSA) is 84.4 Å². The van der Waals surface area contributed by atoms with Crippen LogP contribution >= 0.6 is 0 Å². The molecule has 1 N–H and O–H groups in total. The van der Waals surface area contributed by atoms with Gasteiger partial charge in [-0.05, 0) is 32.3 Å². The average Bonchev–Trinajstić information content (AvgIpc) is 3.27. The highest BCUT2D eigenvalue weighted by Crippen LogP contribution is 2.38. The van der Waals surface area contributed by atoms with Crippen LogP contribution in [0.25, 0.3) is 54.9 Å². The SMILES string of the molecule is CN(C)CCn1c(=O)c2c3oc4ccccc4oc3c3[nH]c4ccccc4c3c2c1=O. The Bertz CT molecular complexity index is 1770. The van der Waals surface area contributed by atoms with Crippen molar-refractivity contribution in [3.8, 4) is 0 Å². The van der Waals surface area contributed by atoms with Crippen LogP contribution in [0.15, 0.2) is 67.0 Å². The smallest absolute Gasteiger partial charge is 0.265 e. The minimum absolute atomic E-state index is 0.269. The lowest BCUT2D eigenvalue weighted by atomic mass is 10.1. The van der Waals surface area contributed by atoms with Crippen LogP contribution in [0.1, 0.15) is 0 Å². The molecule has 0 aliphatic rings. The quantitative estimate of drug-likeness (QED) is 0.443. The van der Waals surface area contributed by atoms with Gasteiger partial charge in [0.2, 0.25) is 0 Å². The monoisotopic (exact) mass is 413 g/mol. The van der Waals surface area contributed by atoms with Crippen molar-refractivity contribution in [1.82, 2.24) is 14.5 Å². The number of aromatic nitrogens is 2. The number of nitrogens with zero attached hydrogens (tertiary/aromatic N) is 2. The zero-order chi connectivity index (χ0) is 21.3. The van der Waals surface area contributed by atoms with E-state index in [1.165, 1.54) is 4.57 Å². The second-order valence-corrected chi connectivity index (χ2v) is 8.04. The third kappa shape index (κ3) is 2.44. The van der Waals surface area contributed by atoms with E-state index in [2.05, 4.69) is 4.98 Å². The van der Waals surface area contributed by atoms with Gasteiger partial charge in [-0.2, -0.15) is 0 Å². The molecular formula is C24H19N3O4. The summed E-state index contributed by atoms with van der Waals surface area (Å²) in [5, 5.41) is 2.20. The molecule has 7 nitrogen and oxygen atoms in total. The molecule has 6 aromatic rings. The third-order valence-corrected chi connectivity index (χ3v) is 5.83. The third-order valence-electron chi connectivity index (χ3n) is 5.83. The molecule has 31 heavy (non-hydrogen) atoms. The van der Waals surface area contributed by atoms with Gasteiger partial charge in [-0.25, -0.2) is 0 Å². The molecule has 3 heterocycles. The van der Waals surface area contributed by atoms with E-state index < -0.39 is 0 Å². The first kappa shape index (κ1) is 18.0. The van der Waals surface area contributed by atoms with E-state index in [1.54, 1.807) is 6.07 Å². The number of aromatic amines is 1. The summed E-state index contributed by atoms with van der Waals surface area (Å²) in [6, 6.07) is 15.0. The van der Waals surface area contributed by atoms with E-state index in [4.69, 9.17) is 8.83 Å². The van der Waals surface area contributed by atoms with Crippen molar-refractivity contribution in [2.45, 2.75) is 6.54 Å². The maximum Gasteiger partial charge on any atom is 0.265 e. The number of para-hydroxylation sites is 3. The van der Waals surface area contributed by atoms with Crippen molar-refractivity contribution >= 4 is 54.9 Å². The van der Waals surface area contributed by atoms with Crippen molar-refractivity contribution in [2.75, 3.05) is 20.6 Å². The van der Waals surface area contributed by atoms with Gasteiger partial charge in [0, 0.05) is 29.4 Å². The van der Waals surface area contributed by atoms with E-state index in [9.17, 15) is 9.59 Å². The Labute approximate surface area is 175 Å². The van der Waals surface area contributed by atoms with Crippen LogP contribution in [0.2, 0.25) is 0 Å². The molecule has 154 valence electrons. The molecule has 6 rings (SSSR count). The lowest BCUT2D eigenvalue weighted by Crippen LogP contribution is -2.30. The molecular weight excluding hydrogens is 394 g/mol. The molecule has 0 spiro atoms. The minimum Gasteiger partial charge on any atom is -0.449 e. The summed E-state index contributed by atoms with van der Waals surface area (Å²) >= 11 is 0. The van der Waals surface area contributed by atoms with Gasteiger partial charge < -0.3 is 18.7 Å². The molecule has 0 aliphatic carbocycles. The highest BCUT2D eigenvalue weighted by Gasteiger charge is 2.25. The van der Waals surface area contributed by atoms with E-state index in [-0.39, 0.29) is 16.5 Å². The van der Waals surface area contributed by atoms with Gasteiger partial charge in [0.1, 0.15) is 5.39 Å². The summed E-state index contributed by atoms with van der Waals surface area (Å²) in [4.78, 5) is 32.2. The highest BCUT2D eigenvalue weighted by atomic mass is 16.4. The summed E-state index contributed by atoms with van der Waals surface area (Å²) < 4.78 is 13.7. The lowest BCUT2D eigenvalue weighted by Gasteiger charge is -2.08. The van der Waals surface area contributed by atoms with Gasteiger partial charge in [-0.3, -0.25) is 14.2 Å². The van der Waals surface area contributed by atoms with Crippen molar-refractivity contribution < 1.29 is 8.83 Å². The van der Waals surface area contributed by atoms with Crippen LogP contribution in [-0.4, -0.2) is 35.1 Å². The fourth-order valence-electron chi connectivity index (χ4n) is 4.35.